The number of nitrogens with zero attached hydrogens (tertiary/aromatic N) is 3. The lowest BCUT2D eigenvalue weighted by Crippen LogP contribution is -2.46. The number of aromatic nitrogens is 2. The summed E-state index contributed by atoms with van der Waals surface area (Å²) in [7, 11) is 0. The normalized spacial score (nSPS) is 18.4. The number of amides is 2. The van der Waals surface area contributed by atoms with Crippen molar-refractivity contribution in [3.8, 4) is 0 Å². The smallest absolute Gasteiger partial charge is 0.282 e. The summed E-state index contributed by atoms with van der Waals surface area (Å²) < 4.78 is 0. The maximum Gasteiger partial charge on any atom is 0.282 e. The quantitative estimate of drug-likeness (QED) is 0.668. The van der Waals surface area contributed by atoms with Crippen molar-refractivity contribution >= 4 is 23.2 Å². The fourth-order valence-corrected chi connectivity index (χ4v) is 5.28. The molecule has 2 aliphatic rings. The van der Waals surface area contributed by atoms with E-state index in [1.54, 1.807) is 0 Å². The molecule has 0 atom stereocenters. The lowest BCUT2D eigenvalue weighted by atomic mass is 9.88. The number of aryl methyl sites for hydroxylation is 1. The summed E-state index contributed by atoms with van der Waals surface area (Å²) in [6, 6.07) is 8.38. The van der Waals surface area contributed by atoms with Gasteiger partial charge in [-0.05, 0) is 38.2 Å². The van der Waals surface area contributed by atoms with Crippen LogP contribution in [0.1, 0.15) is 70.9 Å². The largest absolute Gasteiger partial charge is 0.353 e. The van der Waals surface area contributed by atoms with Crippen molar-refractivity contribution in [1.82, 2.24) is 25.7 Å². The van der Waals surface area contributed by atoms with Crippen LogP contribution in [0, 0.1) is 12.8 Å². The Labute approximate surface area is 194 Å². The summed E-state index contributed by atoms with van der Waals surface area (Å²) in [6.07, 6.45) is 7.65. The average Bonchev–Trinajstić information content (AvgIpc) is 3.29. The molecular formula is C24H33N5O2S. The van der Waals surface area contributed by atoms with Gasteiger partial charge in [0.2, 0.25) is 10.9 Å². The Hall–Kier alpha value is -2.32. The second-order valence-electron chi connectivity index (χ2n) is 9.06. The van der Waals surface area contributed by atoms with Crippen LogP contribution in [-0.4, -0.2) is 46.0 Å². The Morgan fingerprint density at radius 1 is 1.03 bits per heavy atom. The Morgan fingerprint density at radius 2 is 1.75 bits per heavy atom. The number of rotatable bonds is 7. The number of carbonyl (C=O) groups excluding carboxylic acids is 2. The highest BCUT2D eigenvalue weighted by molar-refractivity contribution is 7.13. The Kier molecular flexibility index (Phi) is 7.86. The minimum Gasteiger partial charge on any atom is -0.353 e. The fourth-order valence-electron chi connectivity index (χ4n) is 4.48. The molecular weight excluding hydrogens is 422 g/mol. The highest BCUT2D eigenvalue weighted by Crippen LogP contribution is 2.24. The molecule has 2 N–H and O–H groups in total. The third-order valence-corrected chi connectivity index (χ3v) is 7.41. The molecule has 32 heavy (non-hydrogen) atoms. The lowest BCUT2D eigenvalue weighted by molar-refractivity contribution is -0.127. The second-order valence-corrected chi connectivity index (χ2v) is 10.1. The molecule has 1 aromatic carbocycles. The van der Waals surface area contributed by atoms with Gasteiger partial charge in [0.15, 0.2) is 0 Å². The molecule has 7 nitrogen and oxygen atoms in total. The molecule has 2 heterocycles. The summed E-state index contributed by atoms with van der Waals surface area (Å²) in [5.74, 6) is 0.297. The van der Waals surface area contributed by atoms with Crippen LogP contribution in [-0.2, 0) is 17.9 Å². The number of nitrogens with one attached hydrogen (secondary N) is 2. The first kappa shape index (κ1) is 22.9. The van der Waals surface area contributed by atoms with Crippen LogP contribution in [0.4, 0.5) is 0 Å². The third-order valence-electron chi connectivity index (χ3n) is 6.50. The SMILES string of the molecule is Cc1ccc(CNC(=O)c2nnc(CN3CCC(NC(=O)C4CCCCC4)CC3)s2)cc1. The van der Waals surface area contributed by atoms with Crippen molar-refractivity contribution in [1.29, 1.82) is 0 Å². The molecule has 2 amide bonds. The maximum atomic E-state index is 12.5. The van der Waals surface area contributed by atoms with Crippen molar-refractivity contribution in [3.05, 3.63) is 45.4 Å². The van der Waals surface area contributed by atoms with E-state index in [1.807, 2.05) is 31.2 Å². The fraction of sp³-hybridized carbons (Fsp3) is 0.583. The zero-order valence-electron chi connectivity index (χ0n) is 18.8. The first-order valence-corrected chi connectivity index (χ1v) is 12.6. The molecule has 4 rings (SSSR count). The van der Waals surface area contributed by atoms with Crippen molar-refractivity contribution in [3.63, 3.8) is 0 Å². The zero-order chi connectivity index (χ0) is 22.3. The van der Waals surface area contributed by atoms with Crippen LogP contribution < -0.4 is 10.6 Å². The molecule has 2 fully saturated rings. The van der Waals surface area contributed by atoms with Gasteiger partial charge in [-0.25, -0.2) is 0 Å². The number of piperidine rings is 1. The highest BCUT2D eigenvalue weighted by Gasteiger charge is 2.26. The number of benzene rings is 1. The summed E-state index contributed by atoms with van der Waals surface area (Å²) in [6.45, 7) is 5.07. The van der Waals surface area contributed by atoms with Crippen molar-refractivity contribution in [2.75, 3.05) is 13.1 Å². The molecule has 0 radical (unpaired) electrons. The molecule has 1 aliphatic carbocycles. The summed E-state index contributed by atoms with van der Waals surface area (Å²) in [5.41, 5.74) is 2.26. The molecule has 0 bridgehead atoms. The van der Waals surface area contributed by atoms with E-state index in [-0.39, 0.29) is 23.8 Å². The second kappa shape index (κ2) is 11.0. The third kappa shape index (κ3) is 6.36. The Balaban J connectivity index is 1.19. The van der Waals surface area contributed by atoms with Gasteiger partial charge in [-0.3, -0.25) is 14.5 Å². The van der Waals surface area contributed by atoms with E-state index in [1.165, 1.54) is 36.2 Å². The average molecular weight is 456 g/mol. The van der Waals surface area contributed by atoms with Crippen LogP contribution in [0.3, 0.4) is 0 Å². The van der Waals surface area contributed by atoms with E-state index in [9.17, 15) is 9.59 Å². The van der Waals surface area contributed by atoms with E-state index in [0.717, 1.165) is 49.3 Å². The molecule has 0 unspecified atom stereocenters. The van der Waals surface area contributed by atoms with Crippen LogP contribution in [0.2, 0.25) is 0 Å². The van der Waals surface area contributed by atoms with Gasteiger partial charge in [-0.1, -0.05) is 60.4 Å². The summed E-state index contributed by atoms with van der Waals surface area (Å²) in [5, 5.41) is 15.8. The van der Waals surface area contributed by atoms with Crippen molar-refractivity contribution in [2.45, 2.75) is 71.0 Å². The molecule has 1 saturated carbocycles. The van der Waals surface area contributed by atoms with Gasteiger partial charge >= 0.3 is 0 Å². The van der Waals surface area contributed by atoms with Crippen molar-refractivity contribution in [2.24, 2.45) is 5.92 Å². The standard InChI is InChI=1S/C24H33N5O2S/c1-17-7-9-18(10-8-17)15-25-23(31)24-28-27-21(32-24)16-29-13-11-20(12-14-29)26-22(30)19-5-3-2-4-6-19/h7-10,19-20H,2-6,11-16H2,1H3,(H,25,31)(H,26,30). The summed E-state index contributed by atoms with van der Waals surface area (Å²) in [4.78, 5) is 27.2. The molecule has 1 aliphatic heterocycles. The Bertz CT molecular complexity index is 899. The molecule has 1 saturated heterocycles. The number of likely N-dealkylation sites (tertiary alicyclic amines) is 1. The minimum atomic E-state index is -0.182. The van der Waals surface area contributed by atoms with Gasteiger partial charge < -0.3 is 10.6 Å². The maximum absolute atomic E-state index is 12.5. The number of carbonyl (C=O) groups is 2. The topological polar surface area (TPSA) is 87.2 Å². The molecule has 172 valence electrons. The predicted octanol–water partition coefficient (Wildman–Crippen LogP) is 3.44. The van der Waals surface area contributed by atoms with Gasteiger partial charge in [0.1, 0.15) is 5.01 Å². The van der Waals surface area contributed by atoms with Gasteiger partial charge in [0.05, 0.1) is 6.54 Å². The highest BCUT2D eigenvalue weighted by atomic mass is 32.1. The van der Waals surface area contributed by atoms with Crippen LogP contribution in [0.5, 0.6) is 0 Å². The van der Waals surface area contributed by atoms with E-state index in [0.29, 0.717) is 18.1 Å². The summed E-state index contributed by atoms with van der Waals surface area (Å²) >= 11 is 1.36. The lowest BCUT2D eigenvalue weighted by Gasteiger charge is -2.33. The van der Waals surface area contributed by atoms with Gasteiger partial charge in [0.25, 0.3) is 5.91 Å². The van der Waals surface area contributed by atoms with Crippen LogP contribution in [0.15, 0.2) is 24.3 Å². The molecule has 0 spiro atoms. The first-order chi connectivity index (χ1) is 15.6. The molecule has 2 aromatic rings. The Morgan fingerprint density at radius 3 is 2.47 bits per heavy atom. The zero-order valence-corrected chi connectivity index (χ0v) is 19.6. The molecule has 1 aromatic heterocycles. The number of hydrogen-bond acceptors (Lipinski definition) is 6. The van der Waals surface area contributed by atoms with Gasteiger partial charge in [-0.15, -0.1) is 10.2 Å². The van der Waals surface area contributed by atoms with Gasteiger partial charge in [0, 0.05) is 31.6 Å². The van der Waals surface area contributed by atoms with Gasteiger partial charge in [-0.2, -0.15) is 0 Å². The van der Waals surface area contributed by atoms with Crippen LogP contribution in [0.25, 0.3) is 0 Å². The first-order valence-electron chi connectivity index (χ1n) is 11.8. The van der Waals surface area contributed by atoms with E-state index in [2.05, 4.69) is 25.7 Å². The predicted molar refractivity (Wildman–Crippen MR) is 125 cm³/mol. The van der Waals surface area contributed by atoms with Crippen molar-refractivity contribution < 1.29 is 9.59 Å². The minimum absolute atomic E-state index is 0.182. The van der Waals surface area contributed by atoms with Crippen LogP contribution >= 0.6 is 11.3 Å². The van der Waals surface area contributed by atoms with E-state index < -0.39 is 0 Å². The van der Waals surface area contributed by atoms with E-state index >= 15 is 0 Å². The van der Waals surface area contributed by atoms with E-state index in [4.69, 9.17) is 0 Å². The monoisotopic (exact) mass is 455 g/mol. The molecule has 8 heteroatoms. The number of hydrogen-bond donors (Lipinski definition) is 2.